The van der Waals surface area contributed by atoms with Crippen LogP contribution < -0.4 is 9.04 Å². The topological polar surface area (TPSA) is 97.0 Å². The van der Waals surface area contributed by atoms with Crippen LogP contribution in [0.5, 0.6) is 5.75 Å². The lowest BCUT2D eigenvalue weighted by Crippen LogP contribution is -2.30. The Morgan fingerprint density at radius 3 is 2.05 bits per heavy atom. The van der Waals surface area contributed by atoms with E-state index < -0.39 is 16.0 Å². The van der Waals surface area contributed by atoms with Crippen LogP contribution in [0, 0.1) is 0 Å². The van der Waals surface area contributed by atoms with Crippen molar-refractivity contribution in [3.63, 3.8) is 0 Å². The minimum absolute atomic E-state index is 0.0386. The van der Waals surface area contributed by atoms with Crippen LogP contribution >= 0.6 is 0 Å². The van der Waals surface area contributed by atoms with Crippen LogP contribution in [0.25, 0.3) is 22.1 Å². The van der Waals surface area contributed by atoms with Gasteiger partial charge in [0.25, 0.3) is 10.0 Å². The Kier molecular flexibility index (Phi) is 7.68. The van der Waals surface area contributed by atoms with Crippen LogP contribution in [0.1, 0.15) is 21.7 Å². The number of furan rings is 1. The first kappa shape index (κ1) is 27.8. The average molecular weight is 590 g/mol. The minimum Gasteiger partial charge on any atom is -0.489 e. The fourth-order valence-corrected chi connectivity index (χ4v) is 6.23. The van der Waals surface area contributed by atoms with E-state index in [1.54, 1.807) is 42.5 Å². The molecule has 0 aliphatic carbocycles. The summed E-state index contributed by atoms with van der Waals surface area (Å²) in [6, 6.07) is 39.8. The summed E-state index contributed by atoms with van der Waals surface area (Å²) in [6.07, 6.45) is 0. The third kappa shape index (κ3) is 6.14. The Morgan fingerprint density at radius 1 is 0.721 bits per heavy atom. The van der Waals surface area contributed by atoms with E-state index in [9.17, 15) is 18.3 Å². The Hall–Kier alpha value is -5.34. The number of carbonyl (C=O) groups is 1. The van der Waals surface area contributed by atoms with E-state index in [2.05, 4.69) is 0 Å². The fourth-order valence-electron chi connectivity index (χ4n) is 4.78. The highest BCUT2D eigenvalue weighted by Crippen LogP contribution is 2.32. The molecule has 0 bridgehead atoms. The molecule has 43 heavy (non-hydrogen) atoms. The van der Waals surface area contributed by atoms with Crippen molar-refractivity contribution in [2.24, 2.45) is 0 Å². The number of anilines is 1. The van der Waals surface area contributed by atoms with Crippen molar-refractivity contribution in [1.29, 1.82) is 0 Å². The summed E-state index contributed by atoms with van der Waals surface area (Å²) in [5, 5.41) is 9.84. The van der Waals surface area contributed by atoms with E-state index in [0.717, 1.165) is 22.3 Å². The van der Waals surface area contributed by atoms with Gasteiger partial charge in [0, 0.05) is 5.39 Å². The van der Waals surface area contributed by atoms with Gasteiger partial charge in [0.05, 0.1) is 17.1 Å². The second kappa shape index (κ2) is 11.9. The number of carboxylic acid groups (broad SMARTS) is 1. The molecule has 0 aliphatic heterocycles. The van der Waals surface area contributed by atoms with Crippen molar-refractivity contribution in [3.05, 3.63) is 150 Å². The number of aromatic carboxylic acids is 1. The first-order chi connectivity index (χ1) is 20.9. The van der Waals surface area contributed by atoms with Gasteiger partial charge in [-0.25, -0.2) is 13.2 Å². The highest BCUT2D eigenvalue weighted by Gasteiger charge is 2.26. The lowest BCUT2D eigenvalue weighted by molar-refractivity contribution is 0.0665. The standard InChI is InChI=1S/C35H27NO6S/c37-35(38)34-22-29-21-30(15-20-33(29)42-34)36(23-25-11-16-31(17-12-25)41-24-26-7-3-1-4-8-26)43(39,40)32-18-13-28(14-19-32)27-9-5-2-6-10-27/h1-22H,23-24H2,(H,37,38). The smallest absolute Gasteiger partial charge is 0.371 e. The molecule has 0 radical (unpaired) electrons. The first-order valence-electron chi connectivity index (χ1n) is 13.6. The molecule has 6 aromatic rings. The molecule has 0 saturated heterocycles. The maximum Gasteiger partial charge on any atom is 0.371 e. The van der Waals surface area contributed by atoms with Gasteiger partial charge in [-0.15, -0.1) is 0 Å². The minimum atomic E-state index is -4.03. The fraction of sp³-hybridized carbons (Fsp3) is 0.0571. The summed E-state index contributed by atoms with van der Waals surface area (Å²) in [7, 11) is -4.03. The second-order valence-electron chi connectivity index (χ2n) is 9.96. The maximum absolute atomic E-state index is 14.1. The van der Waals surface area contributed by atoms with Gasteiger partial charge < -0.3 is 14.3 Å². The summed E-state index contributed by atoms with van der Waals surface area (Å²) >= 11 is 0. The zero-order valence-electron chi connectivity index (χ0n) is 23.0. The molecule has 214 valence electrons. The normalized spacial score (nSPS) is 11.3. The van der Waals surface area contributed by atoms with Gasteiger partial charge in [-0.1, -0.05) is 84.9 Å². The van der Waals surface area contributed by atoms with Gasteiger partial charge in [0.2, 0.25) is 5.76 Å². The van der Waals surface area contributed by atoms with Gasteiger partial charge in [-0.05, 0) is 70.8 Å². The summed E-state index contributed by atoms with van der Waals surface area (Å²) < 4.78 is 40.9. The number of nitrogens with zero attached hydrogens (tertiary/aromatic N) is 1. The molecule has 0 unspecified atom stereocenters. The molecule has 0 fully saturated rings. The van der Waals surface area contributed by atoms with Crippen LogP contribution in [0.2, 0.25) is 0 Å². The predicted octanol–water partition coefficient (Wildman–Crippen LogP) is 7.77. The van der Waals surface area contributed by atoms with Crippen molar-refractivity contribution < 1.29 is 27.5 Å². The van der Waals surface area contributed by atoms with E-state index in [4.69, 9.17) is 9.15 Å². The number of fused-ring (bicyclic) bond motifs is 1. The predicted molar refractivity (Wildman–Crippen MR) is 166 cm³/mol. The zero-order valence-corrected chi connectivity index (χ0v) is 23.8. The number of sulfonamides is 1. The lowest BCUT2D eigenvalue weighted by atomic mass is 10.1. The number of carboxylic acids is 1. The van der Waals surface area contributed by atoms with Crippen molar-refractivity contribution in [2.75, 3.05) is 4.31 Å². The summed E-state index contributed by atoms with van der Waals surface area (Å²) in [5.74, 6) is -0.751. The molecule has 0 amide bonds. The molecular formula is C35H27NO6S. The van der Waals surface area contributed by atoms with Crippen LogP contribution in [0.3, 0.4) is 0 Å². The third-order valence-electron chi connectivity index (χ3n) is 7.05. The molecular weight excluding hydrogens is 562 g/mol. The Balaban J connectivity index is 1.32. The average Bonchev–Trinajstić information content (AvgIpc) is 3.48. The van der Waals surface area contributed by atoms with Crippen LogP contribution in [0.4, 0.5) is 5.69 Å². The molecule has 1 heterocycles. The number of ether oxygens (including phenoxy) is 1. The highest BCUT2D eigenvalue weighted by atomic mass is 32.2. The molecule has 0 atom stereocenters. The molecule has 8 heteroatoms. The van der Waals surface area contributed by atoms with Gasteiger partial charge in [0.15, 0.2) is 0 Å². The molecule has 7 nitrogen and oxygen atoms in total. The SMILES string of the molecule is O=C(O)c1cc2cc(N(Cc3ccc(OCc4ccccc4)cc3)S(=O)(=O)c3ccc(-c4ccccc4)cc3)ccc2o1. The van der Waals surface area contributed by atoms with Crippen molar-refractivity contribution in [1.82, 2.24) is 0 Å². The number of benzene rings is 5. The van der Waals surface area contributed by atoms with Gasteiger partial charge in [-0.2, -0.15) is 0 Å². The molecule has 1 N–H and O–H groups in total. The Morgan fingerprint density at radius 2 is 1.37 bits per heavy atom. The van der Waals surface area contributed by atoms with E-state index in [1.165, 1.54) is 10.4 Å². The number of hydrogen-bond acceptors (Lipinski definition) is 5. The monoisotopic (exact) mass is 589 g/mol. The quantitative estimate of drug-likeness (QED) is 0.175. The maximum atomic E-state index is 14.1. The zero-order chi connectivity index (χ0) is 29.8. The summed E-state index contributed by atoms with van der Waals surface area (Å²) in [5.41, 5.74) is 4.40. The molecule has 0 aliphatic rings. The third-order valence-corrected chi connectivity index (χ3v) is 8.83. The second-order valence-corrected chi connectivity index (χ2v) is 11.8. The molecule has 6 rings (SSSR count). The van der Waals surface area contributed by atoms with Crippen molar-refractivity contribution in [2.45, 2.75) is 18.0 Å². The molecule has 0 saturated carbocycles. The van der Waals surface area contributed by atoms with Crippen molar-refractivity contribution >= 4 is 32.6 Å². The van der Waals surface area contributed by atoms with E-state index in [-0.39, 0.29) is 17.2 Å². The van der Waals surface area contributed by atoms with Crippen LogP contribution in [0.15, 0.2) is 143 Å². The number of rotatable bonds is 10. The van der Waals surface area contributed by atoms with Gasteiger partial charge in [-0.3, -0.25) is 4.31 Å². The van der Waals surface area contributed by atoms with Gasteiger partial charge in [0.1, 0.15) is 17.9 Å². The van der Waals surface area contributed by atoms with Crippen LogP contribution in [-0.2, 0) is 23.2 Å². The van der Waals surface area contributed by atoms with Crippen molar-refractivity contribution in [3.8, 4) is 16.9 Å². The Labute approximate surface area is 249 Å². The first-order valence-corrected chi connectivity index (χ1v) is 15.0. The summed E-state index contributed by atoms with van der Waals surface area (Å²) in [4.78, 5) is 11.6. The van der Waals surface area contributed by atoms with Gasteiger partial charge >= 0.3 is 5.97 Å². The molecule has 5 aromatic carbocycles. The molecule has 0 spiro atoms. The highest BCUT2D eigenvalue weighted by molar-refractivity contribution is 7.92. The van der Waals surface area contributed by atoms with E-state index in [0.29, 0.717) is 29.0 Å². The number of hydrogen-bond donors (Lipinski definition) is 1. The largest absolute Gasteiger partial charge is 0.489 e. The lowest BCUT2D eigenvalue weighted by Gasteiger charge is -2.25. The summed E-state index contributed by atoms with van der Waals surface area (Å²) in [6.45, 7) is 0.458. The Bertz CT molecular complexity index is 1970. The van der Waals surface area contributed by atoms with Crippen LogP contribution in [-0.4, -0.2) is 19.5 Å². The van der Waals surface area contributed by atoms with E-state index in [1.807, 2.05) is 84.9 Å². The van der Waals surface area contributed by atoms with E-state index >= 15 is 0 Å². The molecule has 1 aromatic heterocycles.